The van der Waals surface area contributed by atoms with Gasteiger partial charge >= 0.3 is 0 Å². The van der Waals surface area contributed by atoms with E-state index in [0.717, 1.165) is 190 Å². The molecule has 0 saturated heterocycles. The smallest absolute Gasteiger partial charge is 0.160 e. The second kappa shape index (κ2) is 28.6. The summed E-state index contributed by atoms with van der Waals surface area (Å²) in [6.07, 6.45) is 0. The van der Waals surface area contributed by atoms with Gasteiger partial charge in [0.1, 0.15) is 34.2 Å². The van der Waals surface area contributed by atoms with Crippen molar-refractivity contribution in [1.29, 1.82) is 0 Å². The first-order valence-electron chi connectivity index (χ1n) is 42.6. The molecule has 0 N–H and O–H groups in total. The van der Waals surface area contributed by atoms with Gasteiger partial charge in [0.15, 0.2) is 11.6 Å². The van der Waals surface area contributed by atoms with Gasteiger partial charge in [-0.1, -0.05) is 382 Å². The Labute approximate surface area is 722 Å². The fourth-order valence-electron chi connectivity index (χ4n) is 20.4. The Kier molecular flexibility index (Phi) is 16.3. The number of hydrogen-bond donors (Lipinski definition) is 0. The summed E-state index contributed by atoms with van der Waals surface area (Å²) < 4.78 is 20.8. The molecule has 0 saturated carbocycles. The van der Waals surface area contributed by atoms with Gasteiger partial charge in [-0.3, -0.25) is 0 Å². The standard InChI is InChI=1S/C118H72N4O3/c1-2-25-73(26-3-1)80-27-20-33-86(69-80)116-121-107(79-65-59-76(60-66-79)90-42-24-51-104-114(90)125-111-54-17-14-49-102(111)118(104)99-46-11-6-37-93(99)94-38-7-12-47-100(94)118)72-108(122-116)85-32-19-30-83(68-85)81-28-18-29-82(67-81)84-31-21-34-87(70-84)115-119-105(77-61-55-74(56-62-77)88-40-22-43-96-95-39-8-15-52-109(95)123-112(88)96)71-106(120-115)78-63-57-75(58-64-78)89-41-23-50-103-113(89)124-110-53-16-13-48-101(110)117(103)97-44-9-4-35-91(97)92-36-5-10-45-98(92)117/h1-72H. The molecule has 2 spiro atoms. The Hall–Kier alpha value is -16.5. The van der Waals surface area contributed by atoms with Gasteiger partial charge in [0, 0.05) is 83.1 Å². The first-order chi connectivity index (χ1) is 61.9. The van der Waals surface area contributed by atoms with Crippen molar-refractivity contribution in [2.24, 2.45) is 0 Å². The SMILES string of the molecule is c1ccc(-c2cccc(-c3nc(-c4ccc(-c5cccc6c5Oc5ccccc5C65c6ccccc6-c6ccccc65)cc4)cc(-c4cccc(-c5cccc(-c6cccc(-c7nc(-c8ccc(-c9cccc%10c9Oc9ccccc9C%109c%10ccccc%10-c%10ccccc%109)cc8)cc(-c8ccc(-c9cccc%10c9oc9ccccc9%10)cc8)n7)c6)c5)c4)n3)c2)cc1. The predicted octanol–water partition coefficient (Wildman–Crippen LogP) is 30.1. The van der Waals surface area contributed by atoms with E-state index in [9.17, 15) is 0 Å². The lowest BCUT2D eigenvalue weighted by Crippen LogP contribution is -2.32. The molecule has 0 fully saturated rings. The van der Waals surface area contributed by atoms with Crippen LogP contribution >= 0.6 is 0 Å². The summed E-state index contributed by atoms with van der Waals surface area (Å²) in [6, 6.07) is 156. The van der Waals surface area contributed by atoms with Gasteiger partial charge in [0.25, 0.3) is 0 Å². The minimum atomic E-state index is -0.583. The van der Waals surface area contributed by atoms with Gasteiger partial charge in [-0.25, -0.2) is 19.9 Å². The molecule has 3 aromatic heterocycles. The minimum absolute atomic E-state index is 0.576. The van der Waals surface area contributed by atoms with Crippen LogP contribution in [0.3, 0.4) is 0 Å². The molecule has 4 aliphatic rings. The highest BCUT2D eigenvalue weighted by Crippen LogP contribution is 2.65. The molecule has 7 heteroatoms. The maximum absolute atomic E-state index is 7.15. The van der Waals surface area contributed by atoms with Crippen molar-refractivity contribution in [3.63, 3.8) is 0 Å². The summed E-state index contributed by atoms with van der Waals surface area (Å²) in [5.41, 5.74) is 36.5. The molecule has 0 atom stereocenters. The Morgan fingerprint density at radius 1 is 0.176 bits per heavy atom. The fraction of sp³-hybridized carbons (Fsp3) is 0.0169. The number of benzene rings is 18. The lowest BCUT2D eigenvalue weighted by Gasteiger charge is -2.40. The molecule has 0 radical (unpaired) electrons. The van der Waals surface area contributed by atoms with Gasteiger partial charge in [0.05, 0.1) is 33.6 Å². The number of nitrogens with zero attached hydrogens (tertiary/aromatic N) is 4. The van der Waals surface area contributed by atoms with Crippen molar-refractivity contribution in [1.82, 2.24) is 19.9 Å². The van der Waals surface area contributed by atoms with Crippen molar-refractivity contribution in [2.45, 2.75) is 10.8 Å². The summed E-state index contributed by atoms with van der Waals surface area (Å²) in [5.74, 6) is 4.65. The molecular weight excluding hydrogens is 1520 g/mol. The Morgan fingerprint density at radius 3 is 0.920 bits per heavy atom. The number of fused-ring (bicyclic) bond motifs is 21. The monoisotopic (exact) mass is 1590 g/mol. The van der Waals surface area contributed by atoms with E-state index in [1.807, 2.05) is 12.1 Å². The first-order valence-corrected chi connectivity index (χ1v) is 42.6. The third-order valence-corrected chi connectivity index (χ3v) is 26.1. The molecule has 125 heavy (non-hydrogen) atoms. The maximum atomic E-state index is 7.15. The van der Waals surface area contributed by atoms with E-state index in [4.69, 9.17) is 33.8 Å². The third kappa shape index (κ3) is 11.4. The molecule has 0 unspecified atom stereocenters. The van der Waals surface area contributed by atoms with Crippen LogP contribution in [0.25, 0.3) is 179 Å². The Bertz CT molecular complexity index is 7890. The van der Waals surface area contributed by atoms with E-state index >= 15 is 0 Å². The summed E-state index contributed by atoms with van der Waals surface area (Å²) in [6.45, 7) is 0. The van der Waals surface area contributed by atoms with Gasteiger partial charge in [-0.05, 0) is 149 Å². The molecule has 5 heterocycles. The topological polar surface area (TPSA) is 83.2 Å². The van der Waals surface area contributed by atoms with Crippen LogP contribution in [-0.4, -0.2) is 19.9 Å². The largest absolute Gasteiger partial charge is 0.456 e. The molecule has 2 aliphatic heterocycles. The van der Waals surface area contributed by atoms with Crippen LogP contribution < -0.4 is 9.47 Å². The van der Waals surface area contributed by atoms with Crippen molar-refractivity contribution < 1.29 is 13.9 Å². The van der Waals surface area contributed by atoms with Crippen LogP contribution in [0, 0.1) is 0 Å². The number of hydrogen-bond acceptors (Lipinski definition) is 7. The van der Waals surface area contributed by atoms with Gasteiger partial charge < -0.3 is 13.9 Å². The highest BCUT2D eigenvalue weighted by molar-refractivity contribution is 6.10. The van der Waals surface area contributed by atoms with Gasteiger partial charge in [-0.15, -0.1) is 0 Å². The molecular formula is C118H72N4O3. The van der Waals surface area contributed by atoms with Crippen molar-refractivity contribution in [3.8, 4) is 180 Å². The van der Waals surface area contributed by atoms with Crippen LogP contribution in [0.2, 0.25) is 0 Å². The van der Waals surface area contributed by atoms with E-state index in [0.29, 0.717) is 11.6 Å². The molecule has 0 amide bonds. The summed E-state index contributed by atoms with van der Waals surface area (Å²) in [7, 11) is 0. The zero-order valence-electron chi connectivity index (χ0n) is 67.6. The zero-order chi connectivity index (χ0) is 82.3. The Morgan fingerprint density at radius 2 is 0.464 bits per heavy atom. The predicted molar refractivity (Wildman–Crippen MR) is 505 cm³/mol. The number of aromatic nitrogens is 4. The fourth-order valence-corrected chi connectivity index (χ4v) is 20.4. The molecule has 21 aromatic rings. The Balaban J connectivity index is 0.564. The molecule has 0 bridgehead atoms. The summed E-state index contributed by atoms with van der Waals surface area (Å²) >= 11 is 0. The van der Waals surface area contributed by atoms with E-state index < -0.39 is 10.8 Å². The zero-order valence-corrected chi connectivity index (χ0v) is 67.6. The number of ether oxygens (including phenoxy) is 2. The summed E-state index contributed by atoms with van der Waals surface area (Å²) in [5, 5.41) is 2.19. The molecule has 25 rings (SSSR count). The number of rotatable bonds is 12. The quantitative estimate of drug-likeness (QED) is 0.120. The van der Waals surface area contributed by atoms with E-state index in [2.05, 4.69) is 425 Å². The van der Waals surface area contributed by atoms with Crippen LogP contribution in [-0.2, 0) is 10.8 Å². The van der Waals surface area contributed by atoms with Crippen LogP contribution in [0.1, 0.15) is 44.5 Å². The van der Waals surface area contributed by atoms with E-state index in [-0.39, 0.29) is 0 Å². The lowest BCUT2D eigenvalue weighted by molar-refractivity contribution is 0.438. The van der Waals surface area contributed by atoms with Crippen LogP contribution in [0.15, 0.2) is 441 Å². The maximum Gasteiger partial charge on any atom is 0.160 e. The lowest BCUT2D eigenvalue weighted by atomic mass is 9.65. The molecule has 2 aliphatic carbocycles. The van der Waals surface area contributed by atoms with Gasteiger partial charge in [0.2, 0.25) is 0 Å². The minimum Gasteiger partial charge on any atom is -0.456 e. The molecule has 18 aromatic carbocycles. The molecule has 582 valence electrons. The highest BCUT2D eigenvalue weighted by Gasteiger charge is 2.53. The first kappa shape index (κ1) is 71.4. The van der Waals surface area contributed by atoms with Crippen LogP contribution in [0.4, 0.5) is 0 Å². The summed E-state index contributed by atoms with van der Waals surface area (Å²) in [4.78, 5) is 21.9. The second-order valence-electron chi connectivity index (χ2n) is 32.9. The number of furan rings is 1. The number of para-hydroxylation sites is 6. The van der Waals surface area contributed by atoms with Gasteiger partial charge in [-0.2, -0.15) is 0 Å². The average molecular weight is 1590 g/mol. The van der Waals surface area contributed by atoms with Crippen molar-refractivity contribution >= 4 is 21.9 Å². The van der Waals surface area contributed by atoms with E-state index in [1.54, 1.807) is 0 Å². The van der Waals surface area contributed by atoms with Crippen molar-refractivity contribution in [2.75, 3.05) is 0 Å². The van der Waals surface area contributed by atoms with E-state index in [1.165, 1.54) is 44.5 Å². The normalized spacial score (nSPS) is 13.1. The van der Waals surface area contributed by atoms with Crippen LogP contribution in [0.5, 0.6) is 23.0 Å². The second-order valence-corrected chi connectivity index (χ2v) is 32.9. The van der Waals surface area contributed by atoms with Crippen molar-refractivity contribution in [3.05, 3.63) is 481 Å². The highest BCUT2D eigenvalue weighted by atomic mass is 16.5. The molecule has 7 nitrogen and oxygen atoms in total. The average Bonchev–Trinajstić information content (AvgIpc) is 1.53. The third-order valence-electron chi connectivity index (χ3n) is 26.1.